The standard InChI is InChI=1S/C18H31NO6/c1-9-24-13(22)18(12(20)21)10-16(5,6)19(17(7,8)11-18)14(23)25-15(2,3)4/h9-11H2,1-8H3,(H,20,21). The van der Waals surface area contributed by atoms with Crippen molar-refractivity contribution in [1.29, 1.82) is 0 Å². The van der Waals surface area contributed by atoms with E-state index in [2.05, 4.69) is 0 Å². The maximum Gasteiger partial charge on any atom is 0.411 e. The number of amides is 1. The van der Waals surface area contributed by atoms with Crippen LogP contribution in [0.5, 0.6) is 0 Å². The molecular weight excluding hydrogens is 326 g/mol. The Kier molecular flexibility index (Phi) is 5.52. The fraction of sp³-hybridized carbons (Fsp3) is 0.833. The Hall–Kier alpha value is -1.79. The summed E-state index contributed by atoms with van der Waals surface area (Å²) in [4.78, 5) is 38.9. The predicted molar refractivity (Wildman–Crippen MR) is 92.2 cm³/mol. The van der Waals surface area contributed by atoms with E-state index in [0.29, 0.717) is 0 Å². The van der Waals surface area contributed by atoms with Crippen LogP contribution in [0.1, 0.15) is 68.2 Å². The van der Waals surface area contributed by atoms with Gasteiger partial charge in [-0.1, -0.05) is 0 Å². The molecule has 1 heterocycles. The van der Waals surface area contributed by atoms with E-state index in [4.69, 9.17) is 9.47 Å². The van der Waals surface area contributed by atoms with E-state index in [0.717, 1.165) is 0 Å². The second kappa shape index (κ2) is 6.50. The molecule has 1 saturated heterocycles. The number of carbonyl (C=O) groups excluding carboxylic acids is 2. The first-order valence-electron chi connectivity index (χ1n) is 8.53. The smallest absolute Gasteiger partial charge is 0.411 e. The zero-order chi connectivity index (χ0) is 19.8. The Labute approximate surface area is 149 Å². The lowest BCUT2D eigenvalue weighted by molar-refractivity contribution is -0.183. The van der Waals surface area contributed by atoms with Crippen LogP contribution in [0.4, 0.5) is 4.79 Å². The van der Waals surface area contributed by atoms with Crippen LogP contribution in [-0.4, -0.2) is 51.3 Å². The molecule has 7 heteroatoms. The van der Waals surface area contributed by atoms with Crippen LogP contribution in [0.25, 0.3) is 0 Å². The third-order valence-electron chi connectivity index (χ3n) is 4.33. The summed E-state index contributed by atoms with van der Waals surface area (Å²) < 4.78 is 10.6. The second-order valence-corrected chi connectivity index (χ2v) is 8.90. The van der Waals surface area contributed by atoms with Gasteiger partial charge in [-0.2, -0.15) is 0 Å². The number of hydrogen-bond acceptors (Lipinski definition) is 5. The van der Waals surface area contributed by atoms with Gasteiger partial charge < -0.3 is 14.6 Å². The minimum absolute atomic E-state index is 0.0448. The van der Waals surface area contributed by atoms with Crippen LogP contribution in [0.15, 0.2) is 0 Å². The first kappa shape index (κ1) is 21.3. The van der Waals surface area contributed by atoms with E-state index in [1.54, 1.807) is 60.3 Å². The normalized spacial score (nSPS) is 21.4. The van der Waals surface area contributed by atoms with Gasteiger partial charge in [-0.05, 0) is 68.2 Å². The zero-order valence-corrected chi connectivity index (χ0v) is 16.6. The lowest BCUT2D eigenvalue weighted by Crippen LogP contribution is -2.68. The van der Waals surface area contributed by atoms with Crippen molar-refractivity contribution in [3.8, 4) is 0 Å². The molecule has 0 aromatic heterocycles. The molecule has 1 aliphatic rings. The molecular formula is C18H31NO6. The summed E-state index contributed by atoms with van der Waals surface area (Å²) in [5.41, 5.74) is -4.18. The van der Waals surface area contributed by atoms with Crippen LogP contribution >= 0.6 is 0 Å². The number of hydrogen-bond donors (Lipinski definition) is 1. The summed E-state index contributed by atoms with van der Waals surface area (Å²) in [6.45, 7) is 14.0. The highest BCUT2D eigenvalue weighted by atomic mass is 16.6. The lowest BCUT2D eigenvalue weighted by Gasteiger charge is -2.56. The van der Waals surface area contributed by atoms with E-state index in [1.807, 2.05) is 0 Å². The number of nitrogens with zero attached hydrogens (tertiary/aromatic N) is 1. The molecule has 1 amide bonds. The highest BCUT2D eigenvalue weighted by molar-refractivity contribution is 6.00. The van der Waals surface area contributed by atoms with Crippen molar-refractivity contribution in [3.05, 3.63) is 0 Å². The number of carboxylic acid groups (broad SMARTS) is 1. The average molecular weight is 357 g/mol. The molecule has 1 aliphatic heterocycles. The third kappa shape index (κ3) is 4.25. The topological polar surface area (TPSA) is 93.1 Å². The molecule has 0 aromatic carbocycles. The molecule has 1 fully saturated rings. The van der Waals surface area contributed by atoms with Crippen molar-refractivity contribution >= 4 is 18.0 Å². The van der Waals surface area contributed by atoms with Crippen molar-refractivity contribution < 1.29 is 29.0 Å². The molecule has 0 spiro atoms. The van der Waals surface area contributed by atoms with Gasteiger partial charge in [0.25, 0.3) is 0 Å². The number of carboxylic acids is 1. The Morgan fingerprint density at radius 1 is 1.04 bits per heavy atom. The molecule has 0 atom stereocenters. The number of likely N-dealkylation sites (tertiary alicyclic amines) is 1. The van der Waals surface area contributed by atoms with Crippen molar-refractivity contribution in [2.24, 2.45) is 5.41 Å². The van der Waals surface area contributed by atoms with Crippen molar-refractivity contribution in [2.75, 3.05) is 6.61 Å². The summed E-state index contributed by atoms with van der Waals surface area (Å²) >= 11 is 0. The first-order valence-corrected chi connectivity index (χ1v) is 8.53. The summed E-state index contributed by atoms with van der Waals surface area (Å²) in [6.07, 6.45) is -0.612. The monoisotopic (exact) mass is 357 g/mol. The Balaban J connectivity index is 3.34. The number of rotatable bonds is 3. The van der Waals surface area contributed by atoms with Gasteiger partial charge in [0.2, 0.25) is 0 Å². The molecule has 0 aromatic rings. The maximum atomic E-state index is 12.8. The SMILES string of the molecule is CCOC(=O)C1(C(=O)O)CC(C)(C)N(C(=O)OC(C)(C)C)C(C)(C)C1. The van der Waals surface area contributed by atoms with Crippen LogP contribution < -0.4 is 0 Å². The molecule has 0 bridgehead atoms. The third-order valence-corrected chi connectivity index (χ3v) is 4.33. The summed E-state index contributed by atoms with van der Waals surface area (Å²) in [5.74, 6) is -1.98. The molecule has 0 saturated carbocycles. The van der Waals surface area contributed by atoms with Gasteiger partial charge in [-0.3, -0.25) is 14.5 Å². The van der Waals surface area contributed by atoms with Gasteiger partial charge in [-0.25, -0.2) is 4.79 Å². The maximum absolute atomic E-state index is 12.8. The van der Waals surface area contributed by atoms with E-state index in [-0.39, 0.29) is 19.4 Å². The molecule has 0 aliphatic carbocycles. The highest BCUT2D eigenvalue weighted by Gasteiger charge is 2.62. The van der Waals surface area contributed by atoms with Gasteiger partial charge in [0.1, 0.15) is 5.60 Å². The lowest BCUT2D eigenvalue weighted by atomic mass is 9.64. The number of esters is 1. The Morgan fingerprint density at radius 2 is 1.48 bits per heavy atom. The fourth-order valence-corrected chi connectivity index (χ4v) is 3.97. The molecule has 144 valence electrons. The number of carbonyl (C=O) groups is 3. The van der Waals surface area contributed by atoms with Crippen molar-refractivity contribution in [2.45, 2.75) is 84.9 Å². The van der Waals surface area contributed by atoms with Gasteiger partial charge in [0.15, 0.2) is 5.41 Å². The predicted octanol–water partition coefficient (Wildman–Crippen LogP) is 3.21. The van der Waals surface area contributed by atoms with Crippen molar-refractivity contribution in [1.82, 2.24) is 4.90 Å². The van der Waals surface area contributed by atoms with Gasteiger partial charge >= 0.3 is 18.0 Å². The minimum atomic E-state index is -1.69. The Bertz CT molecular complexity index is 540. The van der Waals surface area contributed by atoms with E-state index < -0.39 is 40.1 Å². The van der Waals surface area contributed by atoms with Gasteiger partial charge in [0.05, 0.1) is 6.61 Å². The van der Waals surface area contributed by atoms with E-state index in [1.165, 1.54) is 0 Å². The van der Waals surface area contributed by atoms with Gasteiger partial charge in [0, 0.05) is 11.1 Å². The average Bonchev–Trinajstić information content (AvgIpc) is 2.32. The molecule has 1 rings (SSSR count). The highest BCUT2D eigenvalue weighted by Crippen LogP contribution is 2.49. The number of ether oxygens (including phenoxy) is 2. The fourth-order valence-electron chi connectivity index (χ4n) is 3.97. The summed E-state index contributed by atoms with van der Waals surface area (Å²) in [7, 11) is 0. The van der Waals surface area contributed by atoms with Crippen LogP contribution in [0, 0.1) is 5.41 Å². The zero-order valence-electron chi connectivity index (χ0n) is 16.6. The molecule has 1 N–H and O–H groups in total. The van der Waals surface area contributed by atoms with Crippen LogP contribution in [0.2, 0.25) is 0 Å². The van der Waals surface area contributed by atoms with Crippen LogP contribution in [-0.2, 0) is 19.1 Å². The van der Waals surface area contributed by atoms with Gasteiger partial charge in [-0.15, -0.1) is 0 Å². The molecule has 0 radical (unpaired) electrons. The largest absolute Gasteiger partial charge is 0.480 e. The first-order chi connectivity index (χ1) is 11.1. The van der Waals surface area contributed by atoms with E-state index in [9.17, 15) is 19.5 Å². The summed E-state index contributed by atoms with van der Waals surface area (Å²) in [5, 5.41) is 9.83. The van der Waals surface area contributed by atoms with E-state index >= 15 is 0 Å². The molecule has 0 unspecified atom stereocenters. The summed E-state index contributed by atoms with van der Waals surface area (Å²) in [6, 6.07) is 0. The molecule has 7 nitrogen and oxygen atoms in total. The number of piperidine rings is 1. The molecule has 25 heavy (non-hydrogen) atoms. The quantitative estimate of drug-likeness (QED) is 0.616. The van der Waals surface area contributed by atoms with Crippen LogP contribution in [0.3, 0.4) is 0 Å². The Morgan fingerprint density at radius 3 is 1.80 bits per heavy atom. The number of aliphatic carboxylic acids is 1. The minimum Gasteiger partial charge on any atom is -0.480 e. The second-order valence-electron chi connectivity index (χ2n) is 8.90. The van der Waals surface area contributed by atoms with Crippen molar-refractivity contribution in [3.63, 3.8) is 0 Å².